The molecule has 0 saturated heterocycles. The van der Waals surface area contributed by atoms with E-state index < -0.39 is 15.0 Å². The number of hydrogen-bond donors (Lipinski definition) is 2. The number of nitrogens with one attached hydrogen (secondary N) is 1. The van der Waals surface area contributed by atoms with Gasteiger partial charge in [0.05, 0.1) is 30.1 Å². The zero-order valence-corrected chi connectivity index (χ0v) is 20.1. The van der Waals surface area contributed by atoms with Crippen LogP contribution >= 0.6 is 0 Å². The molecule has 2 N–H and O–H groups in total. The van der Waals surface area contributed by atoms with Crippen LogP contribution in [0.2, 0.25) is 6.55 Å². The molecular weight excluding hydrogens is 466 g/mol. The Kier molecular flexibility index (Phi) is 6.98. The number of aromatic nitrogens is 5. The lowest BCUT2D eigenvalue weighted by Crippen LogP contribution is -2.25. The molecule has 176 valence electrons. The normalized spacial score (nSPS) is 11.3. The lowest BCUT2D eigenvalue weighted by Gasteiger charge is -2.16. The predicted molar refractivity (Wildman–Crippen MR) is 129 cm³/mol. The van der Waals surface area contributed by atoms with Gasteiger partial charge in [0.2, 0.25) is 5.95 Å². The van der Waals surface area contributed by atoms with Crippen LogP contribution in [0.15, 0.2) is 61.4 Å². The van der Waals surface area contributed by atoms with Gasteiger partial charge in [0.1, 0.15) is 30.2 Å². The molecular formula is C23H21N7O4Si. The summed E-state index contributed by atoms with van der Waals surface area (Å²) in [5, 5.41) is 25.8. The van der Waals surface area contributed by atoms with Crippen LogP contribution in [0.3, 0.4) is 0 Å². The monoisotopic (exact) mass is 487 g/mol. The third-order valence-electron chi connectivity index (χ3n) is 5.02. The number of carboxylic acid groups (broad SMARTS) is 1. The number of carboxylic acids is 1. The molecule has 2 aromatic heterocycles. The maximum absolute atomic E-state index is 11.2. The molecule has 12 heteroatoms. The van der Waals surface area contributed by atoms with Crippen molar-refractivity contribution in [2.24, 2.45) is 0 Å². The van der Waals surface area contributed by atoms with E-state index in [4.69, 9.17) is 14.3 Å². The zero-order valence-electron chi connectivity index (χ0n) is 18.9. The van der Waals surface area contributed by atoms with Gasteiger partial charge >= 0.3 is 5.97 Å². The van der Waals surface area contributed by atoms with Crippen molar-refractivity contribution in [2.45, 2.75) is 12.7 Å². The third kappa shape index (κ3) is 5.60. The van der Waals surface area contributed by atoms with Crippen molar-refractivity contribution < 1.29 is 19.1 Å². The summed E-state index contributed by atoms with van der Waals surface area (Å²) >= 11 is 0. The van der Waals surface area contributed by atoms with Crippen molar-refractivity contribution in [3.05, 3.63) is 72.6 Å². The van der Waals surface area contributed by atoms with Crippen molar-refractivity contribution in [3.8, 4) is 28.7 Å². The minimum atomic E-state index is -1.73. The van der Waals surface area contributed by atoms with E-state index in [9.17, 15) is 10.1 Å². The first-order valence-electron chi connectivity index (χ1n) is 10.5. The van der Waals surface area contributed by atoms with Crippen LogP contribution < -0.4 is 14.5 Å². The summed E-state index contributed by atoms with van der Waals surface area (Å²) in [6.07, 6.45) is 7.03. The summed E-state index contributed by atoms with van der Waals surface area (Å²) in [4.78, 5) is 23.8. The van der Waals surface area contributed by atoms with Crippen LogP contribution in [0, 0.1) is 11.3 Å². The number of aromatic carboxylic acids is 1. The third-order valence-corrected chi connectivity index (χ3v) is 6.57. The molecule has 0 unspecified atom stereocenters. The SMILES string of the molecule is COc1cc(C(=O)O)ccc1Nc1ncc(-c2ccc(C#N)c(O[Si@@H](C)Cn3cncn3)c2)cn1. The predicted octanol–water partition coefficient (Wildman–Crippen LogP) is 3.03. The smallest absolute Gasteiger partial charge is 0.335 e. The molecule has 1 atom stereocenters. The van der Waals surface area contributed by atoms with E-state index in [-0.39, 0.29) is 5.56 Å². The number of nitriles is 1. The Labute approximate surface area is 202 Å². The lowest BCUT2D eigenvalue weighted by molar-refractivity contribution is 0.0696. The van der Waals surface area contributed by atoms with Crippen molar-refractivity contribution in [2.75, 3.05) is 12.4 Å². The number of carbonyl (C=O) groups is 1. The molecule has 11 nitrogen and oxygen atoms in total. The van der Waals surface area contributed by atoms with Gasteiger partial charge in [-0.05, 0) is 42.4 Å². The number of hydrogen-bond acceptors (Lipinski definition) is 9. The Morgan fingerprint density at radius 3 is 2.63 bits per heavy atom. The van der Waals surface area contributed by atoms with Crippen LogP contribution in [-0.2, 0) is 6.17 Å². The lowest BCUT2D eigenvalue weighted by atomic mass is 10.1. The van der Waals surface area contributed by atoms with Gasteiger partial charge in [-0.2, -0.15) is 10.4 Å². The van der Waals surface area contributed by atoms with Gasteiger partial charge in [-0.25, -0.2) is 19.7 Å². The van der Waals surface area contributed by atoms with Gasteiger partial charge in [0.25, 0.3) is 9.04 Å². The quantitative estimate of drug-likeness (QED) is 0.337. The molecule has 0 saturated carbocycles. The molecule has 0 aliphatic heterocycles. The Morgan fingerprint density at radius 2 is 1.97 bits per heavy atom. The molecule has 0 amide bonds. The summed E-state index contributed by atoms with van der Waals surface area (Å²) in [6, 6.07) is 12.0. The molecule has 2 heterocycles. The van der Waals surface area contributed by atoms with E-state index in [1.807, 2.05) is 18.7 Å². The Hall–Kier alpha value is -4.76. The average molecular weight is 488 g/mol. The molecule has 0 aliphatic rings. The molecule has 0 bridgehead atoms. The van der Waals surface area contributed by atoms with Gasteiger partial charge in [-0.3, -0.25) is 4.68 Å². The van der Waals surface area contributed by atoms with Crippen LogP contribution in [-0.4, -0.2) is 52.0 Å². The van der Waals surface area contributed by atoms with E-state index in [0.29, 0.717) is 34.9 Å². The van der Waals surface area contributed by atoms with Gasteiger partial charge in [-0.1, -0.05) is 6.07 Å². The van der Waals surface area contributed by atoms with E-state index in [1.54, 1.807) is 35.5 Å². The summed E-state index contributed by atoms with van der Waals surface area (Å²) in [7, 11) is -0.270. The molecule has 4 aromatic rings. The number of nitrogens with zero attached hydrogens (tertiary/aromatic N) is 6. The van der Waals surface area contributed by atoms with E-state index in [2.05, 4.69) is 31.4 Å². The van der Waals surface area contributed by atoms with Gasteiger partial charge in [0, 0.05) is 18.0 Å². The van der Waals surface area contributed by atoms with E-state index in [0.717, 1.165) is 11.1 Å². The molecule has 2 aromatic carbocycles. The fourth-order valence-corrected chi connectivity index (χ4v) is 4.74. The molecule has 0 spiro atoms. The van der Waals surface area contributed by atoms with Crippen molar-refractivity contribution in [3.63, 3.8) is 0 Å². The molecule has 0 radical (unpaired) electrons. The molecule has 4 rings (SSSR count). The molecule has 0 fully saturated rings. The van der Waals surface area contributed by atoms with E-state index >= 15 is 0 Å². The second kappa shape index (κ2) is 10.4. The first-order chi connectivity index (χ1) is 17.0. The largest absolute Gasteiger partial charge is 0.544 e. The Bertz CT molecular complexity index is 1370. The number of anilines is 2. The van der Waals surface area contributed by atoms with Crippen LogP contribution in [0.5, 0.6) is 11.5 Å². The minimum Gasteiger partial charge on any atom is -0.544 e. The second-order valence-corrected chi connectivity index (χ2v) is 9.73. The summed E-state index contributed by atoms with van der Waals surface area (Å²) in [5.41, 5.74) is 2.63. The minimum absolute atomic E-state index is 0.112. The maximum Gasteiger partial charge on any atom is 0.335 e. The van der Waals surface area contributed by atoms with Gasteiger partial charge in [0.15, 0.2) is 0 Å². The zero-order chi connectivity index (χ0) is 24.8. The summed E-state index contributed by atoms with van der Waals surface area (Å²) in [6.45, 7) is 2.02. The Balaban J connectivity index is 1.51. The highest BCUT2D eigenvalue weighted by atomic mass is 28.3. The van der Waals surface area contributed by atoms with Crippen LogP contribution in [0.25, 0.3) is 11.1 Å². The van der Waals surface area contributed by atoms with Crippen molar-refractivity contribution in [1.29, 1.82) is 5.26 Å². The first kappa shape index (κ1) is 23.4. The average Bonchev–Trinajstić information content (AvgIpc) is 3.37. The van der Waals surface area contributed by atoms with Gasteiger partial charge in [-0.15, -0.1) is 0 Å². The highest BCUT2D eigenvalue weighted by Gasteiger charge is 2.14. The summed E-state index contributed by atoms with van der Waals surface area (Å²) in [5.74, 6) is 0.135. The highest BCUT2D eigenvalue weighted by molar-refractivity contribution is 6.49. The first-order valence-corrected chi connectivity index (χ1v) is 12.9. The fraction of sp³-hybridized carbons (Fsp3) is 0.130. The standard InChI is InChI=1S/C23H21N7O4Si/c1-33-21-8-16(22(31)32)5-6-19(21)29-23-26-10-18(11-27-23)15-3-4-17(9-24)20(7-15)34-35(2)14-30-13-25-12-28-30/h3-8,10-13,35H,14H2,1-2H3,(H,31,32)(H,26,27,29)/t35-/m0/s1. The van der Waals surface area contributed by atoms with Crippen LogP contribution in [0.4, 0.5) is 11.6 Å². The van der Waals surface area contributed by atoms with Gasteiger partial charge < -0.3 is 19.6 Å². The number of methoxy groups -OCH3 is 1. The van der Waals surface area contributed by atoms with Crippen molar-refractivity contribution >= 4 is 26.6 Å². The number of rotatable bonds is 9. The van der Waals surface area contributed by atoms with Crippen molar-refractivity contribution in [1.82, 2.24) is 24.7 Å². The van der Waals surface area contributed by atoms with E-state index in [1.165, 1.54) is 25.6 Å². The highest BCUT2D eigenvalue weighted by Crippen LogP contribution is 2.30. The molecule has 35 heavy (non-hydrogen) atoms. The maximum atomic E-state index is 11.2. The number of benzene rings is 2. The summed E-state index contributed by atoms with van der Waals surface area (Å²) < 4.78 is 13.1. The fourth-order valence-electron chi connectivity index (χ4n) is 3.33. The number of ether oxygens (including phenoxy) is 1. The van der Waals surface area contributed by atoms with Crippen LogP contribution in [0.1, 0.15) is 15.9 Å². The topological polar surface area (TPSA) is 148 Å². The Morgan fingerprint density at radius 1 is 1.17 bits per heavy atom. The second-order valence-electron chi connectivity index (χ2n) is 7.51. The molecule has 0 aliphatic carbocycles.